The normalized spacial score (nSPS) is 12.4. The number of amides is 3. The summed E-state index contributed by atoms with van der Waals surface area (Å²) in [6.07, 6.45) is -12.2. The van der Waals surface area contributed by atoms with E-state index in [1.54, 1.807) is 24.3 Å². The molecule has 0 spiro atoms. The van der Waals surface area contributed by atoms with Crippen molar-refractivity contribution in [3.8, 4) is 12.1 Å². The molecule has 0 aromatic heterocycles. The maximum atomic E-state index is 13.4. The molecule has 4 aromatic rings. The van der Waals surface area contributed by atoms with E-state index in [1.807, 2.05) is 17.6 Å². The SMILES string of the molecule is N#Cc1ccc(C(=O)NN)cc1.[C-]#[N+]c1ccc(N[C@@H](C(=O)NNC(=O)c2ccc(C#N)cc2)[C@H](C)O)c(C)c1C(F)(F)F.[C-]#[N+]c1ccc(N[C@@H](C(=O)O)[C@H](C)O)c(C)c1C(F)(F)F. The number of hydrogen-bond donors (Lipinski definition) is 9. The largest absolute Gasteiger partial charge is 0.480 e. The number of carbonyl (C=O) groups is 4. The highest BCUT2D eigenvalue weighted by molar-refractivity contribution is 5.96. The van der Waals surface area contributed by atoms with Gasteiger partial charge in [-0.15, -0.1) is 0 Å². The first kappa shape index (κ1) is 52.9. The van der Waals surface area contributed by atoms with E-state index in [1.165, 1.54) is 50.2 Å². The molecule has 0 aliphatic heterocycles. The lowest BCUT2D eigenvalue weighted by Gasteiger charge is -2.24. The number of hydrazine groups is 2. The number of carboxylic acid groups (broad SMARTS) is 1. The van der Waals surface area contributed by atoms with Crippen molar-refractivity contribution in [2.45, 2.75) is 64.3 Å². The molecule has 0 heterocycles. The molecule has 0 unspecified atom stereocenters. The van der Waals surface area contributed by atoms with Gasteiger partial charge in [-0.05, 0) is 99.5 Å². The second kappa shape index (κ2) is 23.3. The van der Waals surface area contributed by atoms with Crippen molar-refractivity contribution in [1.29, 1.82) is 10.5 Å². The summed E-state index contributed by atoms with van der Waals surface area (Å²) in [7, 11) is 0. The van der Waals surface area contributed by atoms with Crippen LogP contribution < -0.4 is 32.8 Å². The fourth-order valence-corrected chi connectivity index (χ4v) is 5.48. The summed E-state index contributed by atoms with van der Waals surface area (Å²) in [5.41, 5.74) is 3.46. The summed E-state index contributed by atoms with van der Waals surface area (Å²) in [5.74, 6) is 1.54. The van der Waals surface area contributed by atoms with Crippen LogP contribution in [0.2, 0.25) is 0 Å². The molecule has 0 aliphatic rings. The number of benzene rings is 4. The summed E-state index contributed by atoms with van der Waals surface area (Å²) < 4.78 is 79.1. The van der Waals surface area contributed by atoms with Crippen LogP contribution in [0, 0.1) is 49.7 Å². The highest BCUT2D eigenvalue weighted by Crippen LogP contribution is 2.42. The van der Waals surface area contributed by atoms with E-state index in [0.717, 1.165) is 26.0 Å². The fraction of sp³-hybridized carbons (Fsp3) is 0.238. The molecule has 4 rings (SSSR count). The number of anilines is 2. The van der Waals surface area contributed by atoms with Crippen molar-refractivity contribution >= 4 is 46.4 Å². The lowest BCUT2D eigenvalue weighted by Crippen LogP contribution is -2.52. The molecule has 0 saturated carbocycles. The smallest absolute Gasteiger partial charge is 0.407 e. The van der Waals surface area contributed by atoms with Gasteiger partial charge in [0.2, 0.25) is 0 Å². The van der Waals surface area contributed by atoms with E-state index >= 15 is 0 Å². The Balaban J connectivity index is 0.000000375. The van der Waals surface area contributed by atoms with Gasteiger partial charge in [0.1, 0.15) is 6.04 Å². The van der Waals surface area contributed by atoms with E-state index in [9.17, 15) is 55.7 Å². The number of aliphatic hydroxyl groups excluding tert-OH is 2. The Hall–Kier alpha value is -8.22. The van der Waals surface area contributed by atoms with Gasteiger partial charge in [-0.25, -0.2) is 20.3 Å². The molecule has 0 radical (unpaired) electrons. The number of nitriles is 2. The van der Waals surface area contributed by atoms with Crippen LogP contribution >= 0.6 is 0 Å². The van der Waals surface area contributed by atoms with Crippen LogP contribution in [0.3, 0.4) is 0 Å². The predicted molar refractivity (Wildman–Crippen MR) is 220 cm³/mol. The number of rotatable bonds is 10. The van der Waals surface area contributed by atoms with Crippen molar-refractivity contribution < 1.29 is 60.8 Å². The molecule has 0 saturated heterocycles. The zero-order valence-corrected chi connectivity index (χ0v) is 34.3. The number of halogens is 6. The Morgan fingerprint density at radius 2 is 1.02 bits per heavy atom. The lowest BCUT2D eigenvalue weighted by molar-refractivity contribution is -0.140. The number of aliphatic carboxylic acids is 1. The van der Waals surface area contributed by atoms with Crippen molar-refractivity contribution in [3.05, 3.63) is 140 Å². The molecule has 17 nitrogen and oxygen atoms in total. The Bertz CT molecular complexity index is 2540. The number of nitrogens with one attached hydrogen (secondary N) is 5. The van der Waals surface area contributed by atoms with E-state index < -0.39 is 76.9 Å². The molecule has 0 bridgehead atoms. The molecule has 4 atom stereocenters. The number of nitrogens with zero attached hydrogens (tertiary/aromatic N) is 4. The monoisotopic (exact) mass is 908 g/mol. The number of carbonyl (C=O) groups excluding carboxylic acids is 3. The van der Waals surface area contributed by atoms with Gasteiger partial charge in [0.05, 0.1) is 59.7 Å². The molecule has 0 fully saturated rings. The van der Waals surface area contributed by atoms with E-state index in [4.69, 9.17) is 34.6 Å². The molecule has 0 aliphatic carbocycles. The van der Waals surface area contributed by atoms with Crippen molar-refractivity contribution in [2.24, 2.45) is 5.84 Å². The van der Waals surface area contributed by atoms with Crippen LogP contribution in [0.25, 0.3) is 9.69 Å². The summed E-state index contributed by atoms with van der Waals surface area (Å²) >= 11 is 0. The number of alkyl halides is 6. The third-order valence-corrected chi connectivity index (χ3v) is 8.81. The standard InChI is InChI=1S/C21H18F3N5O3.C13H13F3N2O3.C8H7N3O/c1-11-15(8-9-16(26-3)17(11)21(22,23)24)27-18(12(2)30)20(32)29-28-19(31)14-6-4-13(10-25)5-7-14;1-6-8(18-11(7(2)19)12(20)21)4-5-9(17-3)10(6)13(14,15)16;9-5-6-1-3-7(4-2-6)8(12)11-10/h4-9,12,18,27,30H,1-2H3,(H,28,31)(H,29,32);4-5,7,11,18-19H,1-2H3,(H,20,21);1-4H,10H2,(H,11,12)/t12-,18+;7-,11+;/m00./s1. The maximum Gasteiger partial charge on any atom is 0.407 e. The van der Waals surface area contributed by atoms with Crippen LogP contribution in [0.5, 0.6) is 0 Å². The molecule has 3 amide bonds. The summed E-state index contributed by atoms with van der Waals surface area (Å²) in [6.45, 7) is 18.5. The molecule has 340 valence electrons. The number of nitrogens with two attached hydrogens (primary N) is 1. The zero-order valence-electron chi connectivity index (χ0n) is 34.3. The van der Waals surface area contributed by atoms with Gasteiger partial charge < -0.3 is 26.0 Å². The molecule has 23 heteroatoms. The van der Waals surface area contributed by atoms with Gasteiger partial charge in [-0.2, -0.15) is 36.9 Å². The topological polar surface area (TPSA) is 271 Å². The zero-order chi connectivity index (χ0) is 49.4. The number of aliphatic hydroxyl groups is 2. The van der Waals surface area contributed by atoms with Gasteiger partial charge in [0.25, 0.3) is 17.7 Å². The average molecular weight is 909 g/mol. The van der Waals surface area contributed by atoms with Crippen LogP contribution in [-0.2, 0) is 21.9 Å². The van der Waals surface area contributed by atoms with Crippen LogP contribution in [0.15, 0.2) is 72.8 Å². The Kier molecular flexibility index (Phi) is 19.0. The van der Waals surface area contributed by atoms with Gasteiger partial charge in [0.15, 0.2) is 17.4 Å². The highest BCUT2D eigenvalue weighted by atomic mass is 19.4. The average Bonchev–Trinajstić information content (AvgIpc) is 3.25. The minimum absolute atomic E-state index is 0.0944. The Morgan fingerprint density at radius 3 is 1.32 bits per heavy atom. The first-order valence-electron chi connectivity index (χ1n) is 18.3. The molecule has 4 aromatic carbocycles. The number of nitrogen functional groups attached to an aromatic ring is 1. The minimum atomic E-state index is -4.79. The van der Waals surface area contributed by atoms with Crippen molar-refractivity contribution in [2.75, 3.05) is 10.6 Å². The number of hydrogen-bond acceptors (Lipinski definition) is 11. The summed E-state index contributed by atoms with van der Waals surface area (Å²) in [4.78, 5) is 52.2. The minimum Gasteiger partial charge on any atom is -0.480 e. The first-order chi connectivity index (χ1) is 30.4. The highest BCUT2D eigenvalue weighted by Gasteiger charge is 2.38. The van der Waals surface area contributed by atoms with E-state index in [-0.39, 0.29) is 34.0 Å². The summed E-state index contributed by atoms with van der Waals surface area (Å²) in [6, 6.07) is 17.0. The van der Waals surface area contributed by atoms with Crippen LogP contribution in [-0.4, -0.2) is 63.3 Å². The Labute approximate surface area is 366 Å². The molecular formula is C42H38F6N10O7. The fourth-order valence-electron chi connectivity index (χ4n) is 5.48. The second-order valence-electron chi connectivity index (χ2n) is 13.3. The van der Waals surface area contributed by atoms with Crippen LogP contribution in [0.1, 0.15) is 67.9 Å². The van der Waals surface area contributed by atoms with Crippen molar-refractivity contribution in [3.63, 3.8) is 0 Å². The molecule has 65 heavy (non-hydrogen) atoms. The predicted octanol–water partition coefficient (Wildman–Crippen LogP) is 6.03. The van der Waals surface area contributed by atoms with Gasteiger partial charge >= 0.3 is 18.3 Å². The number of carboxylic acids is 1. The Morgan fingerprint density at radius 1 is 0.646 bits per heavy atom. The summed E-state index contributed by atoms with van der Waals surface area (Å²) in [5, 5.41) is 50.4. The van der Waals surface area contributed by atoms with Crippen LogP contribution in [0.4, 0.5) is 49.1 Å². The van der Waals surface area contributed by atoms with Crippen molar-refractivity contribution in [1.82, 2.24) is 16.3 Å². The third-order valence-electron chi connectivity index (χ3n) is 8.81. The quantitative estimate of drug-likeness (QED) is 0.0290. The van der Waals surface area contributed by atoms with Gasteiger partial charge in [-0.3, -0.25) is 30.7 Å². The lowest BCUT2D eigenvalue weighted by atomic mass is 10.0. The molecule has 10 N–H and O–H groups in total. The third kappa shape index (κ3) is 14.7. The van der Waals surface area contributed by atoms with Gasteiger partial charge in [-0.1, -0.05) is 12.1 Å². The maximum absolute atomic E-state index is 13.4. The molecular weight excluding hydrogens is 871 g/mol. The second-order valence-corrected chi connectivity index (χ2v) is 13.3. The first-order valence-corrected chi connectivity index (χ1v) is 18.3. The van der Waals surface area contributed by atoms with Gasteiger partial charge in [0, 0.05) is 22.5 Å². The van der Waals surface area contributed by atoms with E-state index in [0.29, 0.717) is 16.7 Å². The van der Waals surface area contributed by atoms with E-state index in [2.05, 4.69) is 31.2 Å².